The first kappa shape index (κ1) is 16.5. The Morgan fingerprint density at radius 3 is 2.27 bits per heavy atom. The minimum atomic E-state index is -0.0655. The van der Waals surface area contributed by atoms with Gasteiger partial charge in [0, 0.05) is 49.9 Å². The molecule has 0 spiro atoms. The van der Waals surface area contributed by atoms with E-state index in [1.54, 1.807) is 12.4 Å². The van der Waals surface area contributed by atoms with Crippen molar-refractivity contribution in [3.8, 4) is 0 Å². The summed E-state index contributed by atoms with van der Waals surface area (Å²) >= 11 is 1.44. The molecule has 132 valence electrons. The number of anilines is 3. The molecule has 3 heterocycles. The number of benzene rings is 1. The molecule has 1 aromatic carbocycles. The van der Waals surface area contributed by atoms with E-state index in [1.807, 2.05) is 35.7 Å². The summed E-state index contributed by atoms with van der Waals surface area (Å²) < 4.78 is 0. The zero-order valence-corrected chi connectivity index (χ0v) is 15.0. The highest BCUT2D eigenvalue weighted by atomic mass is 32.1. The Labute approximate surface area is 156 Å². The molecule has 0 aliphatic carbocycles. The fraction of sp³-hybridized carbons (Fsp3) is 0.211. The van der Waals surface area contributed by atoms with E-state index >= 15 is 0 Å². The third kappa shape index (κ3) is 3.67. The van der Waals surface area contributed by atoms with Crippen LogP contribution < -0.4 is 15.1 Å². The summed E-state index contributed by atoms with van der Waals surface area (Å²) in [5.74, 6) is 0.725. The van der Waals surface area contributed by atoms with Crippen molar-refractivity contribution in [2.45, 2.75) is 0 Å². The molecule has 0 bridgehead atoms. The fourth-order valence-electron chi connectivity index (χ4n) is 2.98. The number of rotatable bonds is 4. The van der Waals surface area contributed by atoms with Crippen LogP contribution in [0.3, 0.4) is 0 Å². The molecule has 1 amide bonds. The Hall–Kier alpha value is -2.93. The Kier molecular flexibility index (Phi) is 4.79. The van der Waals surface area contributed by atoms with Crippen molar-refractivity contribution in [1.29, 1.82) is 0 Å². The molecule has 1 aliphatic rings. The van der Waals surface area contributed by atoms with Crippen molar-refractivity contribution >= 4 is 34.6 Å². The van der Waals surface area contributed by atoms with Crippen LogP contribution in [0.1, 0.15) is 9.67 Å². The quantitative estimate of drug-likeness (QED) is 0.770. The van der Waals surface area contributed by atoms with Gasteiger partial charge in [0.2, 0.25) is 5.95 Å². The molecule has 4 rings (SSSR count). The molecular weight excluding hydrogens is 346 g/mol. The van der Waals surface area contributed by atoms with Gasteiger partial charge in [-0.15, -0.1) is 11.3 Å². The van der Waals surface area contributed by atoms with Crippen LogP contribution in [0.4, 0.5) is 17.3 Å². The van der Waals surface area contributed by atoms with Crippen LogP contribution in [-0.2, 0) is 0 Å². The molecule has 0 saturated carbocycles. The molecule has 0 atom stereocenters. The highest BCUT2D eigenvalue weighted by molar-refractivity contribution is 7.12. The average Bonchev–Trinajstić information content (AvgIpc) is 3.25. The van der Waals surface area contributed by atoms with Crippen molar-refractivity contribution < 1.29 is 4.79 Å². The Morgan fingerprint density at radius 1 is 0.923 bits per heavy atom. The maximum atomic E-state index is 12.1. The van der Waals surface area contributed by atoms with Crippen LogP contribution in [0.5, 0.6) is 0 Å². The number of carbonyl (C=O) groups excluding carboxylic acids is 1. The lowest BCUT2D eigenvalue weighted by atomic mass is 10.2. The number of aromatic nitrogens is 2. The van der Waals surface area contributed by atoms with E-state index in [0.29, 0.717) is 4.88 Å². The molecule has 0 unspecified atom stereocenters. The zero-order valence-electron chi connectivity index (χ0n) is 14.2. The van der Waals surface area contributed by atoms with Gasteiger partial charge in [0.1, 0.15) is 0 Å². The third-order valence-electron chi connectivity index (χ3n) is 4.35. The molecule has 1 N–H and O–H groups in total. The summed E-state index contributed by atoms with van der Waals surface area (Å²) in [6.45, 7) is 3.61. The SMILES string of the molecule is O=C(Nc1ccc(N2CCN(c3ncccn3)CC2)cc1)c1cccs1. The van der Waals surface area contributed by atoms with Crippen molar-refractivity contribution in [3.05, 3.63) is 65.1 Å². The second kappa shape index (κ2) is 7.53. The van der Waals surface area contributed by atoms with Gasteiger partial charge in [-0.3, -0.25) is 4.79 Å². The number of hydrogen-bond donors (Lipinski definition) is 1. The molecule has 0 radical (unpaired) electrons. The molecule has 6 nitrogen and oxygen atoms in total. The topological polar surface area (TPSA) is 61.4 Å². The van der Waals surface area contributed by atoms with Crippen molar-refractivity contribution in [3.63, 3.8) is 0 Å². The van der Waals surface area contributed by atoms with E-state index in [4.69, 9.17) is 0 Å². The van der Waals surface area contributed by atoms with Gasteiger partial charge >= 0.3 is 0 Å². The highest BCUT2D eigenvalue weighted by Gasteiger charge is 2.19. The number of nitrogens with zero attached hydrogens (tertiary/aromatic N) is 4. The molecule has 1 aliphatic heterocycles. The van der Waals surface area contributed by atoms with E-state index in [0.717, 1.165) is 43.5 Å². The van der Waals surface area contributed by atoms with Crippen LogP contribution in [-0.4, -0.2) is 42.1 Å². The van der Waals surface area contributed by atoms with Crippen LogP contribution in [0.25, 0.3) is 0 Å². The Morgan fingerprint density at radius 2 is 1.62 bits per heavy atom. The molecular formula is C19H19N5OS. The molecule has 26 heavy (non-hydrogen) atoms. The summed E-state index contributed by atoms with van der Waals surface area (Å²) in [6.07, 6.45) is 3.55. The average molecular weight is 365 g/mol. The maximum absolute atomic E-state index is 12.1. The normalized spacial score (nSPS) is 14.3. The fourth-order valence-corrected chi connectivity index (χ4v) is 3.59. The first-order valence-corrected chi connectivity index (χ1v) is 9.39. The minimum absolute atomic E-state index is 0.0655. The summed E-state index contributed by atoms with van der Waals surface area (Å²) in [5.41, 5.74) is 1.97. The Balaban J connectivity index is 1.35. The lowest BCUT2D eigenvalue weighted by molar-refractivity contribution is 0.103. The largest absolute Gasteiger partial charge is 0.368 e. The van der Waals surface area contributed by atoms with Crippen molar-refractivity contribution in [2.24, 2.45) is 0 Å². The van der Waals surface area contributed by atoms with Crippen LogP contribution in [0, 0.1) is 0 Å². The van der Waals surface area contributed by atoms with E-state index in [9.17, 15) is 4.79 Å². The van der Waals surface area contributed by atoms with Crippen LogP contribution >= 0.6 is 11.3 Å². The van der Waals surface area contributed by atoms with Crippen molar-refractivity contribution in [1.82, 2.24) is 9.97 Å². The molecule has 2 aromatic heterocycles. The monoisotopic (exact) mass is 365 g/mol. The summed E-state index contributed by atoms with van der Waals surface area (Å²) in [5, 5.41) is 4.83. The van der Waals surface area contributed by atoms with E-state index in [2.05, 4.69) is 37.2 Å². The maximum Gasteiger partial charge on any atom is 0.265 e. The zero-order chi connectivity index (χ0) is 17.8. The third-order valence-corrected chi connectivity index (χ3v) is 5.22. The van der Waals surface area contributed by atoms with Gasteiger partial charge in [-0.25, -0.2) is 9.97 Å². The summed E-state index contributed by atoms with van der Waals surface area (Å²) in [7, 11) is 0. The first-order chi connectivity index (χ1) is 12.8. The smallest absolute Gasteiger partial charge is 0.265 e. The number of carbonyl (C=O) groups is 1. The number of amides is 1. The number of hydrogen-bond acceptors (Lipinski definition) is 6. The highest BCUT2D eigenvalue weighted by Crippen LogP contribution is 2.21. The van der Waals surface area contributed by atoms with Crippen LogP contribution in [0.15, 0.2) is 60.2 Å². The van der Waals surface area contributed by atoms with Gasteiger partial charge in [0.25, 0.3) is 5.91 Å². The van der Waals surface area contributed by atoms with E-state index in [1.165, 1.54) is 11.3 Å². The minimum Gasteiger partial charge on any atom is -0.368 e. The lowest BCUT2D eigenvalue weighted by Crippen LogP contribution is -2.47. The number of nitrogens with one attached hydrogen (secondary N) is 1. The predicted octanol–water partition coefficient (Wildman–Crippen LogP) is 3.12. The predicted molar refractivity (Wildman–Crippen MR) is 105 cm³/mol. The van der Waals surface area contributed by atoms with Gasteiger partial charge in [0.05, 0.1) is 4.88 Å². The lowest BCUT2D eigenvalue weighted by Gasteiger charge is -2.36. The Bertz CT molecular complexity index is 843. The summed E-state index contributed by atoms with van der Waals surface area (Å²) in [6, 6.07) is 13.5. The number of piperazine rings is 1. The van der Waals surface area contributed by atoms with E-state index in [-0.39, 0.29) is 5.91 Å². The second-order valence-electron chi connectivity index (χ2n) is 6.00. The number of thiophene rings is 1. The van der Waals surface area contributed by atoms with Gasteiger partial charge < -0.3 is 15.1 Å². The summed E-state index contributed by atoms with van der Waals surface area (Å²) in [4.78, 5) is 26.0. The molecule has 7 heteroatoms. The van der Waals surface area contributed by atoms with Gasteiger partial charge in [-0.2, -0.15) is 0 Å². The van der Waals surface area contributed by atoms with Gasteiger partial charge in [-0.05, 0) is 41.8 Å². The molecule has 1 fully saturated rings. The van der Waals surface area contributed by atoms with Crippen LogP contribution in [0.2, 0.25) is 0 Å². The van der Waals surface area contributed by atoms with Gasteiger partial charge in [0.15, 0.2) is 0 Å². The van der Waals surface area contributed by atoms with Crippen molar-refractivity contribution in [2.75, 3.05) is 41.3 Å². The molecule has 1 saturated heterocycles. The van der Waals surface area contributed by atoms with Gasteiger partial charge in [-0.1, -0.05) is 6.07 Å². The first-order valence-electron chi connectivity index (χ1n) is 8.51. The molecule has 3 aromatic rings. The second-order valence-corrected chi connectivity index (χ2v) is 6.95. The standard InChI is InChI=1S/C19H19N5OS/c25-18(17-3-1-14-26-17)22-15-4-6-16(7-5-15)23-10-12-24(13-11-23)19-20-8-2-9-21-19/h1-9,14H,10-13H2,(H,22,25). The van der Waals surface area contributed by atoms with E-state index < -0.39 is 0 Å².